The molecule has 0 radical (unpaired) electrons. The van der Waals surface area contributed by atoms with Crippen LogP contribution in [-0.4, -0.2) is 34.8 Å². The van der Waals surface area contributed by atoms with Gasteiger partial charge in [0.2, 0.25) is 0 Å². The molecule has 0 saturated carbocycles. The normalized spacial score (nSPS) is 25.8. The molecule has 1 aliphatic rings. The third-order valence-corrected chi connectivity index (χ3v) is 3.33. The predicted octanol–water partition coefficient (Wildman–Crippen LogP) is 1.95. The van der Waals surface area contributed by atoms with E-state index in [-0.39, 0.29) is 23.5 Å². The van der Waals surface area contributed by atoms with E-state index in [9.17, 15) is 9.90 Å². The van der Waals surface area contributed by atoms with E-state index >= 15 is 0 Å². The minimum Gasteiger partial charge on any atom is -0.460 e. The lowest BCUT2D eigenvalue weighted by molar-refractivity contribution is -0.142. The van der Waals surface area contributed by atoms with E-state index in [2.05, 4.69) is 5.32 Å². The number of halogens is 1. The molecule has 0 fully saturated rings. The molecule has 1 aliphatic carbocycles. The highest BCUT2D eigenvalue weighted by Crippen LogP contribution is 2.24. The highest BCUT2D eigenvalue weighted by Gasteiger charge is 2.27. The average molecular weight is 276 g/mol. The Labute approximate surface area is 113 Å². The molecular formula is C13H22ClNO3. The second-order valence-electron chi connectivity index (χ2n) is 4.82. The molecule has 0 aromatic heterocycles. The molecule has 0 aliphatic heterocycles. The lowest BCUT2D eigenvalue weighted by Crippen LogP contribution is -2.44. The summed E-state index contributed by atoms with van der Waals surface area (Å²) in [6.45, 7) is 5.52. The number of carbonyl (C=O) groups is 1. The van der Waals surface area contributed by atoms with Crippen molar-refractivity contribution in [2.45, 2.75) is 63.8 Å². The number of alkyl halides is 1. The zero-order valence-corrected chi connectivity index (χ0v) is 11.9. The molecule has 0 saturated heterocycles. The van der Waals surface area contributed by atoms with Gasteiger partial charge in [0.25, 0.3) is 0 Å². The van der Waals surface area contributed by atoms with Gasteiger partial charge in [-0.15, -0.1) is 11.6 Å². The van der Waals surface area contributed by atoms with E-state index in [1.807, 2.05) is 20.8 Å². The van der Waals surface area contributed by atoms with Gasteiger partial charge in [-0.1, -0.05) is 13.0 Å². The largest absolute Gasteiger partial charge is 0.460 e. The van der Waals surface area contributed by atoms with Crippen LogP contribution >= 0.6 is 11.6 Å². The van der Waals surface area contributed by atoms with Crippen LogP contribution in [0.1, 0.15) is 40.0 Å². The third kappa shape index (κ3) is 4.59. The van der Waals surface area contributed by atoms with Gasteiger partial charge in [-0.2, -0.15) is 0 Å². The summed E-state index contributed by atoms with van der Waals surface area (Å²) in [7, 11) is 0. The number of rotatable bonds is 5. The molecule has 1 rings (SSSR count). The molecule has 3 unspecified atom stereocenters. The van der Waals surface area contributed by atoms with Crippen LogP contribution < -0.4 is 5.32 Å². The monoisotopic (exact) mass is 275 g/mol. The van der Waals surface area contributed by atoms with Crippen LogP contribution in [0, 0.1) is 0 Å². The smallest absolute Gasteiger partial charge is 0.333 e. The maximum atomic E-state index is 11.8. The summed E-state index contributed by atoms with van der Waals surface area (Å²) in [4.78, 5) is 11.8. The highest BCUT2D eigenvalue weighted by molar-refractivity contribution is 6.21. The Morgan fingerprint density at radius 3 is 2.89 bits per heavy atom. The second kappa shape index (κ2) is 7.12. The number of ether oxygens (including phenoxy) is 1. The molecule has 0 aromatic carbocycles. The third-order valence-electron chi connectivity index (χ3n) is 2.84. The predicted molar refractivity (Wildman–Crippen MR) is 71.4 cm³/mol. The molecule has 104 valence electrons. The Bertz CT molecular complexity index is 317. The maximum Gasteiger partial charge on any atom is 0.333 e. The molecule has 5 heteroatoms. The quantitative estimate of drug-likeness (QED) is 0.457. The number of nitrogens with one attached hydrogen (secondary N) is 1. The van der Waals surface area contributed by atoms with Crippen LogP contribution in [-0.2, 0) is 9.53 Å². The molecule has 0 amide bonds. The first kappa shape index (κ1) is 15.5. The van der Waals surface area contributed by atoms with Gasteiger partial charge >= 0.3 is 5.97 Å². The minimum atomic E-state index is -0.604. The summed E-state index contributed by atoms with van der Waals surface area (Å²) < 4.78 is 5.16. The van der Waals surface area contributed by atoms with E-state index in [1.165, 1.54) is 0 Å². The van der Waals surface area contributed by atoms with Crippen LogP contribution in [0.15, 0.2) is 11.6 Å². The van der Waals surface area contributed by atoms with Crippen LogP contribution in [0.5, 0.6) is 0 Å². The minimum absolute atomic E-state index is 0.109. The zero-order valence-electron chi connectivity index (χ0n) is 11.1. The van der Waals surface area contributed by atoms with Crippen molar-refractivity contribution in [3.63, 3.8) is 0 Å². The first-order valence-corrected chi connectivity index (χ1v) is 6.87. The van der Waals surface area contributed by atoms with Crippen molar-refractivity contribution in [3.8, 4) is 0 Å². The van der Waals surface area contributed by atoms with Gasteiger partial charge in [-0.05, 0) is 33.1 Å². The van der Waals surface area contributed by atoms with E-state index in [1.54, 1.807) is 6.08 Å². The fraction of sp³-hybridized carbons (Fsp3) is 0.769. The van der Waals surface area contributed by atoms with E-state index in [4.69, 9.17) is 16.3 Å². The zero-order chi connectivity index (χ0) is 13.7. The standard InChI is InChI=1S/C13H22ClNO3/c1-4-12(16)15-11-7-9(5-6-10(11)14)13(17)18-8(2)3/h7-8,10-12,15-16H,4-6H2,1-3H3. The van der Waals surface area contributed by atoms with E-state index in [0.29, 0.717) is 24.8 Å². The number of hydrogen-bond donors (Lipinski definition) is 2. The summed E-state index contributed by atoms with van der Waals surface area (Å²) in [5.74, 6) is -0.286. The Balaban J connectivity index is 2.68. The highest BCUT2D eigenvalue weighted by atomic mass is 35.5. The fourth-order valence-electron chi connectivity index (χ4n) is 1.83. The van der Waals surface area contributed by atoms with Crippen molar-refractivity contribution < 1.29 is 14.6 Å². The van der Waals surface area contributed by atoms with Gasteiger partial charge in [-0.25, -0.2) is 4.79 Å². The van der Waals surface area contributed by atoms with Gasteiger partial charge in [-0.3, -0.25) is 5.32 Å². The molecule has 0 aromatic rings. The van der Waals surface area contributed by atoms with Crippen LogP contribution in [0.4, 0.5) is 0 Å². The van der Waals surface area contributed by atoms with Gasteiger partial charge < -0.3 is 9.84 Å². The number of aliphatic hydroxyl groups excluding tert-OH is 1. The van der Waals surface area contributed by atoms with Gasteiger partial charge in [0.15, 0.2) is 0 Å². The van der Waals surface area contributed by atoms with Crippen LogP contribution in [0.3, 0.4) is 0 Å². The molecular weight excluding hydrogens is 254 g/mol. The van der Waals surface area contributed by atoms with Crippen molar-refractivity contribution in [1.29, 1.82) is 0 Å². The SMILES string of the molecule is CCC(O)NC1C=C(C(=O)OC(C)C)CCC1Cl. The van der Waals surface area contributed by atoms with Crippen molar-refractivity contribution in [2.24, 2.45) is 0 Å². The van der Waals surface area contributed by atoms with Crippen molar-refractivity contribution >= 4 is 17.6 Å². The number of aliphatic hydroxyl groups is 1. The molecule has 18 heavy (non-hydrogen) atoms. The molecule has 2 N–H and O–H groups in total. The Kier molecular flexibility index (Phi) is 6.12. The Morgan fingerprint density at radius 1 is 1.67 bits per heavy atom. The summed E-state index contributed by atoms with van der Waals surface area (Å²) in [6.07, 6.45) is 2.98. The topological polar surface area (TPSA) is 58.6 Å². The van der Waals surface area contributed by atoms with Crippen molar-refractivity contribution in [2.75, 3.05) is 0 Å². The number of esters is 1. The first-order valence-electron chi connectivity index (χ1n) is 6.43. The van der Waals surface area contributed by atoms with E-state index < -0.39 is 6.23 Å². The Morgan fingerprint density at radius 2 is 2.33 bits per heavy atom. The summed E-state index contributed by atoms with van der Waals surface area (Å²) in [5, 5.41) is 12.5. The molecule has 0 bridgehead atoms. The van der Waals surface area contributed by atoms with Gasteiger partial charge in [0.05, 0.1) is 11.5 Å². The lowest BCUT2D eigenvalue weighted by Gasteiger charge is -2.28. The molecule has 0 spiro atoms. The maximum absolute atomic E-state index is 11.8. The summed E-state index contributed by atoms with van der Waals surface area (Å²) >= 11 is 6.19. The summed E-state index contributed by atoms with van der Waals surface area (Å²) in [6, 6.07) is -0.190. The number of hydrogen-bond acceptors (Lipinski definition) is 4. The van der Waals surface area contributed by atoms with Crippen molar-refractivity contribution in [3.05, 3.63) is 11.6 Å². The van der Waals surface area contributed by atoms with Gasteiger partial charge in [0.1, 0.15) is 6.23 Å². The second-order valence-corrected chi connectivity index (χ2v) is 5.38. The molecule has 0 heterocycles. The van der Waals surface area contributed by atoms with Crippen LogP contribution in [0.25, 0.3) is 0 Å². The fourth-order valence-corrected chi connectivity index (χ4v) is 2.08. The van der Waals surface area contributed by atoms with E-state index in [0.717, 1.165) is 0 Å². The van der Waals surface area contributed by atoms with Gasteiger partial charge in [0, 0.05) is 11.6 Å². The lowest BCUT2D eigenvalue weighted by atomic mass is 9.95. The molecule has 3 atom stereocenters. The van der Waals surface area contributed by atoms with Crippen molar-refractivity contribution in [1.82, 2.24) is 5.32 Å². The average Bonchev–Trinajstić information content (AvgIpc) is 2.30. The first-order chi connectivity index (χ1) is 8.43. The summed E-state index contributed by atoms with van der Waals surface area (Å²) in [5.41, 5.74) is 0.640. The van der Waals surface area contributed by atoms with Crippen LogP contribution in [0.2, 0.25) is 0 Å². The molecule has 4 nitrogen and oxygen atoms in total. The number of carbonyl (C=O) groups excluding carboxylic acids is 1. The Hall–Kier alpha value is -0.580.